The Morgan fingerprint density at radius 2 is 2.14 bits per heavy atom. The van der Waals surface area contributed by atoms with Gasteiger partial charge in [-0.1, -0.05) is 13.3 Å². The Balaban J connectivity index is 3.07. The second kappa shape index (κ2) is 7.22. The fourth-order valence-corrected chi connectivity index (χ4v) is 1.77. The molecule has 0 aliphatic rings. The van der Waals surface area contributed by atoms with Crippen LogP contribution >= 0.6 is 0 Å². The van der Waals surface area contributed by atoms with Crippen LogP contribution in [0.25, 0.3) is 0 Å². The number of carboxylic acid groups (broad SMARTS) is 1. The third-order valence-electron chi connectivity index (χ3n) is 2.82. The normalized spacial score (nSPS) is 11.5. The highest BCUT2D eigenvalue weighted by Crippen LogP contribution is 2.24. The number of aliphatic carboxylic acids is 1. The van der Waals surface area contributed by atoms with Gasteiger partial charge < -0.3 is 15.2 Å². The number of amides is 1. The van der Waals surface area contributed by atoms with Crippen molar-refractivity contribution in [3.8, 4) is 5.75 Å². The first kappa shape index (κ1) is 16.4. The topological polar surface area (TPSA) is 119 Å². The van der Waals surface area contributed by atoms with Gasteiger partial charge in [-0.2, -0.15) is 0 Å². The van der Waals surface area contributed by atoms with Gasteiger partial charge in [0.05, 0.1) is 17.6 Å². The molecule has 0 saturated heterocycles. The number of carbonyl (C=O) groups is 2. The van der Waals surface area contributed by atoms with Gasteiger partial charge >= 0.3 is 5.97 Å². The molecule has 114 valence electrons. The summed E-state index contributed by atoms with van der Waals surface area (Å²) in [5.74, 6) is -1.75. The van der Waals surface area contributed by atoms with Crippen LogP contribution in [0.3, 0.4) is 0 Å². The minimum Gasteiger partial charge on any atom is -0.496 e. The molecule has 0 radical (unpaired) electrons. The number of nitro benzene ring substituents is 1. The van der Waals surface area contributed by atoms with E-state index in [0.717, 1.165) is 6.07 Å². The molecule has 0 spiro atoms. The van der Waals surface area contributed by atoms with E-state index in [1.54, 1.807) is 6.92 Å². The van der Waals surface area contributed by atoms with E-state index in [-0.39, 0.29) is 23.4 Å². The first-order valence-electron chi connectivity index (χ1n) is 6.26. The third-order valence-corrected chi connectivity index (χ3v) is 2.82. The number of non-ortho nitro benzene ring substituents is 1. The SMILES string of the molecule is CCCC(NC(=O)c1cc([N+](=O)[O-])ccc1OC)C(=O)O. The number of hydrogen-bond acceptors (Lipinski definition) is 5. The monoisotopic (exact) mass is 296 g/mol. The highest BCUT2D eigenvalue weighted by atomic mass is 16.6. The summed E-state index contributed by atoms with van der Waals surface area (Å²) < 4.78 is 4.97. The lowest BCUT2D eigenvalue weighted by Gasteiger charge is -2.14. The average Bonchev–Trinajstić information content (AvgIpc) is 2.45. The molecule has 8 heteroatoms. The molecule has 0 saturated carbocycles. The Morgan fingerprint density at radius 1 is 1.48 bits per heavy atom. The minimum atomic E-state index is -1.16. The Labute approximate surface area is 120 Å². The maximum Gasteiger partial charge on any atom is 0.326 e. The molecule has 1 aromatic rings. The summed E-state index contributed by atoms with van der Waals surface area (Å²) in [5.41, 5.74) is -0.350. The summed E-state index contributed by atoms with van der Waals surface area (Å²) in [4.78, 5) is 33.2. The van der Waals surface area contributed by atoms with Gasteiger partial charge in [0.1, 0.15) is 11.8 Å². The molecular weight excluding hydrogens is 280 g/mol. The molecule has 1 rings (SSSR count). The van der Waals surface area contributed by atoms with Crippen LogP contribution in [0.1, 0.15) is 30.1 Å². The molecule has 1 unspecified atom stereocenters. The van der Waals surface area contributed by atoms with E-state index in [2.05, 4.69) is 5.32 Å². The predicted molar refractivity (Wildman–Crippen MR) is 73.4 cm³/mol. The van der Waals surface area contributed by atoms with Crippen molar-refractivity contribution in [2.75, 3.05) is 7.11 Å². The van der Waals surface area contributed by atoms with Crippen LogP contribution in [0, 0.1) is 10.1 Å². The summed E-state index contributed by atoms with van der Waals surface area (Å²) in [6, 6.07) is 2.50. The smallest absolute Gasteiger partial charge is 0.326 e. The maximum atomic E-state index is 12.1. The molecule has 0 aromatic heterocycles. The zero-order chi connectivity index (χ0) is 16.0. The lowest BCUT2D eigenvalue weighted by atomic mass is 10.1. The molecule has 0 fully saturated rings. The van der Waals surface area contributed by atoms with Gasteiger partial charge in [-0.05, 0) is 12.5 Å². The number of benzene rings is 1. The van der Waals surface area contributed by atoms with E-state index < -0.39 is 22.8 Å². The highest BCUT2D eigenvalue weighted by molar-refractivity contribution is 5.99. The van der Waals surface area contributed by atoms with Crippen LogP contribution in [0.4, 0.5) is 5.69 Å². The average molecular weight is 296 g/mol. The van der Waals surface area contributed by atoms with Crippen molar-refractivity contribution >= 4 is 17.6 Å². The van der Waals surface area contributed by atoms with Crippen LogP contribution < -0.4 is 10.1 Å². The third kappa shape index (κ3) is 4.16. The van der Waals surface area contributed by atoms with Crippen LogP contribution in [0.5, 0.6) is 5.75 Å². The van der Waals surface area contributed by atoms with Gasteiger partial charge in [-0.3, -0.25) is 14.9 Å². The van der Waals surface area contributed by atoms with Crippen LogP contribution in [0.15, 0.2) is 18.2 Å². The van der Waals surface area contributed by atoms with Gasteiger partial charge in [0.15, 0.2) is 0 Å². The Morgan fingerprint density at radius 3 is 2.62 bits per heavy atom. The van der Waals surface area contributed by atoms with Crippen molar-refractivity contribution in [1.29, 1.82) is 0 Å². The van der Waals surface area contributed by atoms with Gasteiger partial charge in [-0.15, -0.1) is 0 Å². The summed E-state index contributed by atoms with van der Waals surface area (Å²) in [7, 11) is 1.32. The van der Waals surface area contributed by atoms with Crippen molar-refractivity contribution in [1.82, 2.24) is 5.32 Å². The molecule has 1 aromatic carbocycles. The summed E-state index contributed by atoms with van der Waals surface area (Å²) in [6.45, 7) is 1.79. The molecule has 0 aliphatic heterocycles. The number of nitrogens with one attached hydrogen (secondary N) is 1. The standard InChI is InChI=1S/C13H16N2O6/c1-3-4-10(13(17)18)14-12(16)9-7-8(15(19)20)5-6-11(9)21-2/h5-7,10H,3-4H2,1-2H3,(H,14,16)(H,17,18). The Bertz CT molecular complexity index is 558. The largest absolute Gasteiger partial charge is 0.496 e. The number of rotatable bonds is 7. The fraction of sp³-hybridized carbons (Fsp3) is 0.385. The lowest BCUT2D eigenvalue weighted by Crippen LogP contribution is -2.40. The molecule has 1 atom stereocenters. The molecule has 0 aliphatic carbocycles. The molecule has 0 heterocycles. The second-order valence-electron chi connectivity index (χ2n) is 4.29. The van der Waals surface area contributed by atoms with Crippen LogP contribution in [-0.2, 0) is 4.79 Å². The lowest BCUT2D eigenvalue weighted by molar-refractivity contribution is -0.384. The second-order valence-corrected chi connectivity index (χ2v) is 4.29. The van der Waals surface area contributed by atoms with Gasteiger partial charge in [-0.25, -0.2) is 4.79 Å². The quantitative estimate of drug-likeness (QED) is 0.582. The molecule has 0 bridgehead atoms. The van der Waals surface area contributed by atoms with Crippen LogP contribution in [-0.4, -0.2) is 35.1 Å². The number of hydrogen-bond donors (Lipinski definition) is 2. The first-order valence-corrected chi connectivity index (χ1v) is 6.26. The number of nitro groups is 1. The molecular formula is C13H16N2O6. The van der Waals surface area contributed by atoms with Gasteiger partial charge in [0.2, 0.25) is 0 Å². The van der Waals surface area contributed by atoms with Gasteiger partial charge in [0, 0.05) is 12.1 Å². The van der Waals surface area contributed by atoms with Gasteiger partial charge in [0.25, 0.3) is 11.6 Å². The number of ether oxygens (including phenoxy) is 1. The number of nitrogens with zero attached hydrogens (tertiary/aromatic N) is 1. The van der Waals surface area contributed by atoms with E-state index in [4.69, 9.17) is 9.84 Å². The molecule has 21 heavy (non-hydrogen) atoms. The van der Waals surface area contributed by atoms with E-state index in [1.807, 2.05) is 0 Å². The van der Waals surface area contributed by atoms with E-state index in [1.165, 1.54) is 19.2 Å². The molecule has 2 N–H and O–H groups in total. The first-order chi connectivity index (χ1) is 9.90. The van der Waals surface area contributed by atoms with E-state index in [9.17, 15) is 19.7 Å². The molecule has 1 amide bonds. The fourth-order valence-electron chi connectivity index (χ4n) is 1.77. The number of carboxylic acids is 1. The minimum absolute atomic E-state index is 0.0750. The molecule has 8 nitrogen and oxygen atoms in total. The zero-order valence-electron chi connectivity index (χ0n) is 11.7. The number of methoxy groups -OCH3 is 1. The van der Waals surface area contributed by atoms with Crippen molar-refractivity contribution in [3.63, 3.8) is 0 Å². The summed E-state index contributed by atoms with van der Waals surface area (Å²) in [6.07, 6.45) is 0.835. The van der Waals surface area contributed by atoms with E-state index in [0.29, 0.717) is 6.42 Å². The number of carbonyl (C=O) groups excluding carboxylic acids is 1. The zero-order valence-corrected chi connectivity index (χ0v) is 11.7. The summed E-state index contributed by atoms with van der Waals surface area (Å²) >= 11 is 0. The Hall–Kier alpha value is -2.64. The van der Waals surface area contributed by atoms with Crippen LogP contribution in [0.2, 0.25) is 0 Å². The maximum absolute atomic E-state index is 12.1. The summed E-state index contributed by atoms with van der Waals surface area (Å²) in [5, 5.41) is 22.1. The van der Waals surface area contributed by atoms with Crippen molar-refractivity contribution in [2.45, 2.75) is 25.8 Å². The van der Waals surface area contributed by atoms with Crippen molar-refractivity contribution < 1.29 is 24.4 Å². The van der Waals surface area contributed by atoms with Crippen molar-refractivity contribution in [3.05, 3.63) is 33.9 Å². The predicted octanol–water partition coefficient (Wildman–Crippen LogP) is 1.59. The highest BCUT2D eigenvalue weighted by Gasteiger charge is 2.23. The Kier molecular flexibility index (Phi) is 5.65. The van der Waals surface area contributed by atoms with Crippen molar-refractivity contribution in [2.24, 2.45) is 0 Å². The van der Waals surface area contributed by atoms with E-state index >= 15 is 0 Å².